The topological polar surface area (TPSA) is 49.8 Å². The van der Waals surface area contributed by atoms with Crippen molar-refractivity contribution < 1.29 is 14.0 Å². The summed E-state index contributed by atoms with van der Waals surface area (Å²) in [4.78, 5) is 10.7. The average molecular weight is 504 g/mol. The van der Waals surface area contributed by atoms with Crippen LogP contribution in [0.2, 0.25) is 0 Å². The zero-order valence-electron chi connectivity index (χ0n) is 23.5. The lowest BCUT2D eigenvalue weighted by atomic mass is 10.1. The van der Waals surface area contributed by atoms with Crippen molar-refractivity contribution in [3.05, 3.63) is 0 Å². The summed E-state index contributed by atoms with van der Waals surface area (Å²) in [5, 5.41) is 0. The minimum atomic E-state index is -3.67. The van der Waals surface area contributed by atoms with E-state index in [1.807, 2.05) is 0 Å². The van der Waals surface area contributed by atoms with E-state index in [4.69, 9.17) is 4.52 Å². The Morgan fingerprint density at radius 2 is 0.794 bits per heavy atom. The smallest absolute Gasteiger partial charge is 0.312 e. The Hall–Kier alpha value is 0.110. The van der Waals surface area contributed by atoms with Crippen LogP contribution in [0.4, 0.5) is 0 Å². The highest BCUT2D eigenvalue weighted by molar-refractivity contribution is 7.50. The van der Waals surface area contributed by atoms with Gasteiger partial charge in [0.05, 0.1) is 6.61 Å². The van der Waals surface area contributed by atoms with Crippen LogP contribution in [0.15, 0.2) is 0 Å². The highest BCUT2D eigenvalue weighted by Crippen LogP contribution is 2.46. The summed E-state index contributed by atoms with van der Waals surface area (Å²) in [7, 11) is -3.67. The van der Waals surface area contributed by atoms with Gasteiger partial charge in [0.15, 0.2) is 0 Å². The third kappa shape index (κ3) is 22.6. The van der Waals surface area contributed by atoms with Gasteiger partial charge in [-0.2, -0.15) is 0 Å². The maximum absolute atomic E-state index is 13.0. The quantitative estimate of drug-likeness (QED) is 0.0852. The molecule has 0 aliphatic carbocycles. The highest BCUT2D eigenvalue weighted by Gasteiger charge is 2.28. The average Bonchev–Trinajstić information content (AvgIpc) is 2.82. The molecule has 0 rings (SSSR count). The van der Waals surface area contributed by atoms with E-state index in [0.717, 1.165) is 38.5 Å². The summed E-state index contributed by atoms with van der Waals surface area (Å²) in [6.45, 7) is 8.51. The van der Waals surface area contributed by atoms with Crippen molar-refractivity contribution in [3.8, 4) is 0 Å². The van der Waals surface area contributed by atoms with E-state index in [2.05, 4.69) is 20.8 Å². The third-order valence-electron chi connectivity index (χ3n) is 6.90. The van der Waals surface area contributed by atoms with Crippen molar-refractivity contribution in [2.75, 3.05) is 19.7 Å². The first-order valence-corrected chi connectivity index (χ1v) is 16.8. The molecule has 0 fully saturated rings. The van der Waals surface area contributed by atoms with Gasteiger partial charge in [-0.05, 0) is 19.3 Å². The molecule has 0 aromatic heterocycles. The molecular weight excluding hydrogens is 441 g/mol. The summed E-state index contributed by atoms with van der Waals surface area (Å²) >= 11 is 0. The van der Waals surface area contributed by atoms with Gasteiger partial charge in [0.2, 0.25) is 0 Å². The van der Waals surface area contributed by atoms with Crippen LogP contribution in [-0.4, -0.2) is 29.3 Å². The van der Waals surface area contributed by atoms with Crippen molar-refractivity contribution in [2.24, 2.45) is 0 Å². The van der Waals surface area contributed by atoms with Crippen LogP contribution in [-0.2, 0) is 9.09 Å². The fraction of sp³-hybridized carbons (Fsp3) is 1.00. The first kappa shape index (κ1) is 34.1. The lowest BCUT2D eigenvalue weighted by Crippen LogP contribution is -2.24. The standard InChI is InChI=1S/C29H62NO3P/c1-4-7-10-13-15-17-19-21-24-27-30(28-25-22-20-18-16-14-11-8-5-2)34(31,32)33-29-26-23-12-9-6-3/h4-29H2,1-3H3,(H,31,32). The summed E-state index contributed by atoms with van der Waals surface area (Å²) < 4.78 is 20.3. The van der Waals surface area contributed by atoms with Gasteiger partial charge in [-0.1, -0.05) is 149 Å². The molecule has 5 heteroatoms. The van der Waals surface area contributed by atoms with Gasteiger partial charge in [0.25, 0.3) is 0 Å². The van der Waals surface area contributed by atoms with Crippen molar-refractivity contribution in [1.82, 2.24) is 4.67 Å². The van der Waals surface area contributed by atoms with Gasteiger partial charge in [-0.3, -0.25) is 4.52 Å². The van der Waals surface area contributed by atoms with E-state index in [-0.39, 0.29) is 0 Å². The molecule has 0 radical (unpaired) electrons. The Kier molecular flexibility index (Phi) is 26.3. The molecule has 206 valence electrons. The van der Waals surface area contributed by atoms with Gasteiger partial charge in [0.1, 0.15) is 0 Å². The van der Waals surface area contributed by atoms with E-state index in [1.54, 1.807) is 4.67 Å². The Balaban J connectivity index is 4.22. The molecule has 0 spiro atoms. The zero-order chi connectivity index (χ0) is 25.2. The van der Waals surface area contributed by atoms with Crippen LogP contribution in [0.25, 0.3) is 0 Å². The second kappa shape index (κ2) is 26.2. The molecule has 1 N–H and O–H groups in total. The van der Waals surface area contributed by atoms with Gasteiger partial charge < -0.3 is 4.89 Å². The van der Waals surface area contributed by atoms with Crippen molar-refractivity contribution >= 4 is 7.75 Å². The maximum atomic E-state index is 13.0. The molecule has 0 saturated carbocycles. The normalized spacial score (nSPS) is 13.6. The molecule has 0 aromatic rings. The lowest BCUT2D eigenvalue weighted by Gasteiger charge is -2.26. The number of hydrogen-bond donors (Lipinski definition) is 1. The molecule has 0 aliphatic heterocycles. The predicted octanol–water partition coefficient (Wildman–Crippen LogP) is 10.4. The van der Waals surface area contributed by atoms with Crippen LogP contribution in [0.5, 0.6) is 0 Å². The molecule has 0 aromatic carbocycles. The molecule has 0 heterocycles. The lowest BCUT2D eigenvalue weighted by molar-refractivity contribution is 0.194. The third-order valence-corrected chi connectivity index (χ3v) is 8.54. The Morgan fingerprint density at radius 1 is 0.500 bits per heavy atom. The van der Waals surface area contributed by atoms with Crippen molar-refractivity contribution in [2.45, 2.75) is 168 Å². The molecule has 0 amide bonds. The van der Waals surface area contributed by atoms with Crippen LogP contribution < -0.4 is 0 Å². The fourth-order valence-electron chi connectivity index (χ4n) is 4.55. The maximum Gasteiger partial charge on any atom is 0.405 e. The number of rotatable bonds is 28. The summed E-state index contributed by atoms with van der Waals surface area (Å²) in [6, 6.07) is 0. The fourth-order valence-corrected chi connectivity index (χ4v) is 5.86. The van der Waals surface area contributed by atoms with Crippen LogP contribution in [0.1, 0.15) is 168 Å². The number of hydrogen-bond acceptors (Lipinski definition) is 2. The second-order valence-corrected chi connectivity index (χ2v) is 12.2. The Bertz CT molecular complexity index is 425. The highest BCUT2D eigenvalue weighted by atomic mass is 31.2. The van der Waals surface area contributed by atoms with Gasteiger partial charge >= 0.3 is 7.75 Å². The van der Waals surface area contributed by atoms with Crippen LogP contribution in [0.3, 0.4) is 0 Å². The first-order valence-electron chi connectivity index (χ1n) is 15.3. The van der Waals surface area contributed by atoms with Crippen LogP contribution in [0, 0.1) is 0 Å². The summed E-state index contributed by atoms with van der Waals surface area (Å²) in [5.74, 6) is 0. The monoisotopic (exact) mass is 503 g/mol. The molecule has 1 atom stereocenters. The molecule has 0 saturated heterocycles. The first-order chi connectivity index (χ1) is 16.6. The second-order valence-electron chi connectivity index (χ2n) is 10.3. The molecule has 0 aliphatic rings. The zero-order valence-corrected chi connectivity index (χ0v) is 24.4. The van der Waals surface area contributed by atoms with Crippen LogP contribution >= 0.6 is 7.75 Å². The minimum absolute atomic E-state index is 0.406. The summed E-state index contributed by atoms with van der Waals surface area (Å²) in [5.41, 5.74) is 0. The van der Waals surface area contributed by atoms with Gasteiger partial charge in [-0.25, -0.2) is 9.24 Å². The Labute approximate surface area is 214 Å². The predicted molar refractivity (Wildman–Crippen MR) is 151 cm³/mol. The Morgan fingerprint density at radius 3 is 1.15 bits per heavy atom. The van der Waals surface area contributed by atoms with E-state index < -0.39 is 7.75 Å². The van der Waals surface area contributed by atoms with Crippen molar-refractivity contribution in [1.29, 1.82) is 0 Å². The van der Waals surface area contributed by atoms with Gasteiger partial charge in [-0.15, -0.1) is 0 Å². The van der Waals surface area contributed by atoms with E-state index >= 15 is 0 Å². The molecule has 34 heavy (non-hydrogen) atoms. The van der Waals surface area contributed by atoms with Gasteiger partial charge in [0, 0.05) is 13.1 Å². The van der Waals surface area contributed by atoms with E-state index in [9.17, 15) is 9.46 Å². The molecular formula is C29H62NO3P. The molecule has 0 bridgehead atoms. The SMILES string of the molecule is CCCCCCCCCCCN(CCCCCCCCCCC)P(=O)(O)OCCCCCCC. The van der Waals surface area contributed by atoms with Crippen molar-refractivity contribution in [3.63, 3.8) is 0 Å². The number of unbranched alkanes of at least 4 members (excludes halogenated alkanes) is 20. The largest absolute Gasteiger partial charge is 0.405 e. The summed E-state index contributed by atoms with van der Waals surface area (Å²) in [6.07, 6.45) is 28.4. The van der Waals surface area contributed by atoms with E-state index in [1.165, 1.54) is 109 Å². The molecule has 1 unspecified atom stereocenters. The number of nitrogens with zero attached hydrogens (tertiary/aromatic N) is 1. The molecule has 4 nitrogen and oxygen atoms in total. The minimum Gasteiger partial charge on any atom is -0.312 e. The van der Waals surface area contributed by atoms with E-state index in [0.29, 0.717) is 19.7 Å².